The van der Waals surface area contributed by atoms with Crippen LogP contribution in [0.1, 0.15) is 10.4 Å². The molecule has 0 N–H and O–H groups in total. The summed E-state index contributed by atoms with van der Waals surface area (Å²) in [5, 5.41) is 0. The molecule has 156 valence electrons. The van der Waals surface area contributed by atoms with Gasteiger partial charge in [0.05, 0.1) is 25.5 Å². The third-order valence-electron chi connectivity index (χ3n) is 5.22. The summed E-state index contributed by atoms with van der Waals surface area (Å²) < 4.78 is 26.7. The van der Waals surface area contributed by atoms with Crippen LogP contribution in [0.3, 0.4) is 0 Å². The topological polar surface area (TPSA) is 59.8 Å². The van der Waals surface area contributed by atoms with Crippen molar-refractivity contribution in [3.63, 3.8) is 0 Å². The fourth-order valence-electron chi connectivity index (χ4n) is 3.70. The van der Waals surface area contributed by atoms with Crippen LogP contribution in [0.15, 0.2) is 54.9 Å². The Balaban J connectivity index is 1.50. The van der Waals surface area contributed by atoms with Crippen LogP contribution in [-0.2, 0) is 0 Å². The molecule has 1 aliphatic heterocycles. The zero-order chi connectivity index (χ0) is 21.1. The lowest BCUT2D eigenvalue weighted by Gasteiger charge is -2.35. The van der Waals surface area contributed by atoms with E-state index in [2.05, 4.69) is 9.88 Å². The Morgan fingerprint density at radius 3 is 2.47 bits per heavy atom. The summed E-state index contributed by atoms with van der Waals surface area (Å²) in [5.41, 5.74) is 0.919. The van der Waals surface area contributed by atoms with Crippen LogP contribution in [0.25, 0.3) is 5.69 Å². The minimum atomic E-state index is -0.310. The van der Waals surface area contributed by atoms with Crippen molar-refractivity contribution in [3.05, 3.63) is 66.2 Å². The standard InChI is InChI=1S/C22H23FN4O3/c1-29-19-9-5-6-16(20(19)30-2)21(28)25-12-14-26(15-13-25)22-24-10-11-27(22)18-8-4-3-7-17(18)23/h3-11H,12-15H2,1-2H3. The Kier molecular flexibility index (Phi) is 5.56. The van der Waals surface area contributed by atoms with Gasteiger partial charge in [-0.3, -0.25) is 9.36 Å². The molecule has 1 aliphatic rings. The molecule has 30 heavy (non-hydrogen) atoms. The lowest BCUT2D eigenvalue weighted by atomic mass is 10.1. The highest BCUT2D eigenvalue weighted by Gasteiger charge is 2.27. The smallest absolute Gasteiger partial charge is 0.257 e. The molecule has 0 unspecified atom stereocenters. The number of halogens is 1. The number of carbonyl (C=O) groups excluding carboxylic acids is 1. The van der Waals surface area contributed by atoms with Gasteiger partial charge in [-0.05, 0) is 24.3 Å². The molecule has 0 atom stereocenters. The van der Waals surface area contributed by atoms with Crippen LogP contribution in [-0.4, -0.2) is 60.8 Å². The van der Waals surface area contributed by atoms with Crippen molar-refractivity contribution in [1.82, 2.24) is 14.5 Å². The lowest BCUT2D eigenvalue weighted by Crippen LogP contribution is -2.49. The van der Waals surface area contributed by atoms with Crippen LogP contribution in [0.4, 0.5) is 10.3 Å². The molecule has 2 aromatic carbocycles. The summed E-state index contributed by atoms with van der Waals surface area (Å²) in [5.74, 6) is 1.20. The van der Waals surface area contributed by atoms with Gasteiger partial charge in [-0.1, -0.05) is 18.2 Å². The second-order valence-corrected chi connectivity index (χ2v) is 6.87. The number of ether oxygens (including phenoxy) is 2. The van der Waals surface area contributed by atoms with Crippen LogP contribution in [0.5, 0.6) is 11.5 Å². The van der Waals surface area contributed by atoms with Crippen LogP contribution >= 0.6 is 0 Å². The molecule has 1 amide bonds. The van der Waals surface area contributed by atoms with Gasteiger partial charge in [0.1, 0.15) is 5.82 Å². The van der Waals surface area contributed by atoms with E-state index in [1.54, 1.807) is 65.4 Å². The largest absolute Gasteiger partial charge is 0.493 e. The number of hydrogen-bond acceptors (Lipinski definition) is 5. The van der Waals surface area contributed by atoms with Crippen molar-refractivity contribution in [2.45, 2.75) is 0 Å². The highest BCUT2D eigenvalue weighted by atomic mass is 19.1. The highest BCUT2D eigenvalue weighted by molar-refractivity contribution is 5.98. The Morgan fingerprint density at radius 2 is 1.77 bits per heavy atom. The minimum absolute atomic E-state index is 0.108. The number of methoxy groups -OCH3 is 2. The molecule has 1 aromatic heterocycles. The molecule has 1 saturated heterocycles. The van der Waals surface area contributed by atoms with E-state index in [9.17, 15) is 9.18 Å². The predicted octanol–water partition coefficient (Wildman–Crippen LogP) is 2.99. The average Bonchev–Trinajstić information content (AvgIpc) is 3.28. The third kappa shape index (κ3) is 3.56. The van der Waals surface area contributed by atoms with E-state index in [-0.39, 0.29) is 11.7 Å². The van der Waals surface area contributed by atoms with Crippen molar-refractivity contribution < 1.29 is 18.7 Å². The first-order valence-corrected chi connectivity index (χ1v) is 9.67. The van der Waals surface area contributed by atoms with Gasteiger partial charge in [0.25, 0.3) is 5.91 Å². The van der Waals surface area contributed by atoms with Gasteiger partial charge in [-0.15, -0.1) is 0 Å². The fraction of sp³-hybridized carbons (Fsp3) is 0.273. The molecule has 0 spiro atoms. The van der Waals surface area contributed by atoms with Gasteiger partial charge in [0, 0.05) is 38.6 Å². The van der Waals surface area contributed by atoms with Gasteiger partial charge < -0.3 is 19.3 Å². The van der Waals surface area contributed by atoms with Crippen LogP contribution < -0.4 is 14.4 Å². The fourth-order valence-corrected chi connectivity index (χ4v) is 3.70. The summed E-state index contributed by atoms with van der Waals surface area (Å²) >= 11 is 0. The number of aromatic nitrogens is 2. The molecule has 0 saturated carbocycles. The van der Waals surface area contributed by atoms with E-state index >= 15 is 0 Å². The summed E-state index contributed by atoms with van der Waals surface area (Å²) in [6, 6.07) is 11.9. The van der Waals surface area contributed by atoms with Crippen molar-refractivity contribution in [1.29, 1.82) is 0 Å². The zero-order valence-corrected chi connectivity index (χ0v) is 16.9. The number of rotatable bonds is 5. The van der Waals surface area contributed by atoms with Gasteiger partial charge in [0.15, 0.2) is 11.5 Å². The second kappa shape index (κ2) is 8.44. The number of nitrogens with zero attached hydrogens (tertiary/aromatic N) is 4. The first-order valence-electron chi connectivity index (χ1n) is 9.67. The summed E-state index contributed by atoms with van der Waals surface area (Å²) in [4.78, 5) is 21.3. The molecule has 0 radical (unpaired) electrons. The molecule has 8 heteroatoms. The van der Waals surface area contributed by atoms with Gasteiger partial charge in [-0.25, -0.2) is 9.37 Å². The molecule has 3 aromatic rings. The average molecular weight is 410 g/mol. The number of carbonyl (C=O) groups is 1. The monoisotopic (exact) mass is 410 g/mol. The predicted molar refractivity (Wildman–Crippen MR) is 111 cm³/mol. The van der Waals surface area contributed by atoms with Gasteiger partial charge >= 0.3 is 0 Å². The summed E-state index contributed by atoms with van der Waals surface area (Å²) in [7, 11) is 3.07. The maximum absolute atomic E-state index is 14.2. The van der Waals surface area contributed by atoms with Crippen molar-refractivity contribution in [3.8, 4) is 17.2 Å². The minimum Gasteiger partial charge on any atom is -0.493 e. The first-order chi connectivity index (χ1) is 14.6. The first kappa shape index (κ1) is 19.8. The Morgan fingerprint density at radius 1 is 1.00 bits per heavy atom. The van der Waals surface area contributed by atoms with Crippen molar-refractivity contribution in [2.75, 3.05) is 45.3 Å². The molecule has 1 fully saturated rings. The Bertz CT molecular complexity index is 1040. The molecule has 2 heterocycles. The second-order valence-electron chi connectivity index (χ2n) is 6.87. The Labute approximate surface area is 174 Å². The molecule has 7 nitrogen and oxygen atoms in total. The van der Waals surface area contributed by atoms with Crippen molar-refractivity contribution >= 4 is 11.9 Å². The van der Waals surface area contributed by atoms with E-state index in [4.69, 9.17) is 9.47 Å². The molecule has 4 rings (SSSR count). The number of benzene rings is 2. The van der Waals surface area contributed by atoms with Crippen LogP contribution in [0, 0.1) is 5.82 Å². The molecular formula is C22H23FN4O3. The number of anilines is 1. The van der Waals surface area contributed by atoms with Gasteiger partial charge in [0.2, 0.25) is 5.95 Å². The Hall–Kier alpha value is -3.55. The van der Waals surface area contributed by atoms with E-state index in [1.165, 1.54) is 13.2 Å². The number of amides is 1. The van der Waals surface area contributed by atoms with E-state index in [1.807, 2.05) is 0 Å². The normalized spacial score (nSPS) is 14.0. The third-order valence-corrected chi connectivity index (χ3v) is 5.22. The molecule has 0 aliphatic carbocycles. The SMILES string of the molecule is COc1cccc(C(=O)N2CCN(c3nccn3-c3ccccc3F)CC2)c1OC. The maximum Gasteiger partial charge on any atom is 0.257 e. The lowest BCUT2D eigenvalue weighted by molar-refractivity contribution is 0.0742. The molecule has 0 bridgehead atoms. The number of imidazole rings is 1. The van der Waals surface area contributed by atoms with E-state index in [0.29, 0.717) is 54.9 Å². The maximum atomic E-state index is 14.2. The highest BCUT2D eigenvalue weighted by Crippen LogP contribution is 2.32. The number of para-hydroxylation sites is 2. The number of piperazine rings is 1. The molecular weight excluding hydrogens is 387 g/mol. The van der Waals surface area contributed by atoms with E-state index in [0.717, 1.165) is 0 Å². The summed E-state index contributed by atoms with van der Waals surface area (Å²) in [6.07, 6.45) is 3.40. The summed E-state index contributed by atoms with van der Waals surface area (Å²) in [6.45, 7) is 2.21. The number of hydrogen-bond donors (Lipinski definition) is 0. The quantitative estimate of drug-likeness (QED) is 0.647. The van der Waals surface area contributed by atoms with Crippen molar-refractivity contribution in [2.24, 2.45) is 0 Å². The van der Waals surface area contributed by atoms with Crippen LogP contribution in [0.2, 0.25) is 0 Å². The zero-order valence-electron chi connectivity index (χ0n) is 16.9. The van der Waals surface area contributed by atoms with Gasteiger partial charge in [-0.2, -0.15) is 0 Å². The van der Waals surface area contributed by atoms with E-state index < -0.39 is 0 Å².